The Kier molecular flexibility index (Phi) is 6.92. The van der Waals surface area contributed by atoms with Gasteiger partial charge < -0.3 is 14.5 Å². The van der Waals surface area contributed by atoms with E-state index in [0.29, 0.717) is 12.0 Å². The Hall–Kier alpha value is -2.11. The molecule has 0 N–H and O–H groups in total. The second-order valence-electron chi connectivity index (χ2n) is 8.33. The predicted molar refractivity (Wildman–Crippen MR) is 109 cm³/mol. The molecule has 1 unspecified atom stereocenters. The topological polar surface area (TPSA) is 62.7 Å². The average molecular weight is 388 g/mol. The van der Waals surface area contributed by atoms with E-state index >= 15 is 0 Å². The van der Waals surface area contributed by atoms with Gasteiger partial charge in [0, 0.05) is 43.3 Å². The number of hydrogen-bond donors (Lipinski definition) is 0. The summed E-state index contributed by atoms with van der Waals surface area (Å²) >= 11 is 0. The molecule has 1 aromatic rings. The molecule has 1 spiro atoms. The van der Waals surface area contributed by atoms with Crippen LogP contribution in [0.5, 0.6) is 0 Å². The minimum absolute atomic E-state index is 0.107. The van der Waals surface area contributed by atoms with Crippen LogP contribution in [0.3, 0.4) is 0 Å². The van der Waals surface area contributed by atoms with Gasteiger partial charge in [0.2, 0.25) is 6.41 Å². The van der Waals surface area contributed by atoms with Crippen LogP contribution < -0.4 is 4.90 Å². The fraction of sp³-hybridized carbons (Fsp3) is 0.682. The number of carbonyl (C=O) groups is 2. The van der Waals surface area contributed by atoms with Gasteiger partial charge in [0.05, 0.1) is 13.0 Å². The van der Waals surface area contributed by atoms with Crippen molar-refractivity contribution in [2.24, 2.45) is 5.41 Å². The number of ether oxygens (including phenoxy) is 1. The number of nitrogens with zero attached hydrogens (tertiary/aromatic N) is 3. The van der Waals surface area contributed by atoms with Crippen molar-refractivity contribution in [1.82, 2.24) is 9.88 Å². The molecule has 0 aromatic carbocycles. The molecule has 6 heteroatoms. The lowest BCUT2D eigenvalue weighted by atomic mass is 9.66. The smallest absolute Gasteiger partial charge is 0.307 e. The van der Waals surface area contributed by atoms with E-state index in [1.165, 1.54) is 18.5 Å². The van der Waals surface area contributed by atoms with E-state index in [1.54, 1.807) is 6.92 Å². The molecule has 2 aliphatic rings. The van der Waals surface area contributed by atoms with Gasteiger partial charge in [-0.2, -0.15) is 0 Å². The number of rotatable bonds is 7. The van der Waals surface area contributed by atoms with E-state index in [9.17, 15) is 9.59 Å². The van der Waals surface area contributed by atoms with E-state index in [1.807, 2.05) is 24.2 Å². The Morgan fingerprint density at radius 2 is 1.93 bits per heavy atom. The quantitative estimate of drug-likeness (QED) is 0.530. The van der Waals surface area contributed by atoms with Gasteiger partial charge >= 0.3 is 5.97 Å². The molecule has 0 bridgehead atoms. The Labute approximate surface area is 168 Å². The van der Waals surface area contributed by atoms with Crippen molar-refractivity contribution in [3.05, 3.63) is 24.5 Å². The summed E-state index contributed by atoms with van der Waals surface area (Å²) in [5, 5.41) is 0. The van der Waals surface area contributed by atoms with Crippen molar-refractivity contribution in [2.45, 2.75) is 70.9 Å². The number of amides is 1. The molecule has 154 valence electrons. The Bertz CT molecular complexity index is 634. The van der Waals surface area contributed by atoms with Crippen LogP contribution in [-0.2, 0) is 14.3 Å². The lowest BCUT2D eigenvalue weighted by Gasteiger charge is -2.48. The first-order chi connectivity index (χ1) is 13.6. The summed E-state index contributed by atoms with van der Waals surface area (Å²) in [6, 6.07) is 4.30. The maximum absolute atomic E-state index is 11.8. The number of esters is 1. The molecule has 1 aliphatic carbocycles. The average Bonchev–Trinajstić information content (AvgIpc) is 2.71. The van der Waals surface area contributed by atoms with Gasteiger partial charge in [0.15, 0.2) is 0 Å². The lowest BCUT2D eigenvalue weighted by molar-refractivity contribution is -0.145. The van der Waals surface area contributed by atoms with Gasteiger partial charge in [-0.1, -0.05) is 0 Å². The largest absolute Gasteiger partial charge is 0.466 e. The maximum atomic E-state index is 11.8. The minimum atomic E-state index is -0.224. The summed E-state index contributed by atoms with van der Waals surface area (Å²) in [5.41, 5.74) is 1.68. The Balaban J connectivity index is 1.51. The second kappa shape index (κ2) is 9.39. The first-order valence-electron chi connectivity index (χ1n) is 10.6. The Morgan fingerprint density at radius 3 is 2.50 bits per heavy atom. The third-order valence-corrected chi connectivity index (χ3v) is 6.69. The molecule has 2 fully saturated rings. The molecular weight excluding hydrogens is 354 g/mol. The fourth-order valence-electron chi connectivity index (χ4n) is 4.92. The number of anilines is 1. The molecular formula is C22H33N3O3. The number of carbonyl (C=O) groups excluding carboxylic acids is 2. The van der Waals surface area contributed by atoms with Gasteiger partial charge in [-0.25, -0.2) is 0 Å². The summed E-state index contributed by atoms with van der Waals surface area (Å²) in [4.78, 5) is 31.9. The molecule has 6 nitrogen and oxygen atoms in total. The maximum Gasteiger partial charge on any atom is 0.307 e. The normalized spacial score (nSPS) is 20.6. The molecule has 1 aliphatic heterocycles. The standard InChI is InChI=1S/C22H33N3O3/c1-3-28-21(27)16-18(2)25(17-26)20-4-8-22(9-5-20)10-14-24(15-11-22)19-6-12-23-13-7-19/h6-7,12-13,17-18,20H,3-5,8-11,14-16H2,1-2H3. The van der Waals surface area contributed by atoms with Gasteiger partial charge in [0.25, 0.3) is 0 Å². The molecule has 1 atom stereocenters. The van der Waals surface area contributed by atoms with Crippen molar-refractivity contribution in [3.8, 4) is 0 Å². The van der Waals surface area contributed by atoms with Crippen LogP contribution in [0.15, 0.2) is 24.5 Å². The van der Waals surface area contributed by atoms with Crippen molar-refractivity contribution in [3.63, 3.8) is 0 Å². The summed E-state index contributed by atoms with van der Waals surface area (Å²) in [7, 11) is 0. The van der Waals surface area contributed by atoms with Crippen LogP contribution in [0.1, 0.15) is 58.8 Å². The third-order valence-electron chi connectivity index (χ3n) is 6.69. The summed E-state index contributed by atoms with van der Waals surface area (Å²) < 4.78 is 5.04. The van der Waals surface area contributed by atoms with Crippen molar-refractivity contribution >= 4 is 18.1 Å². The SMILES string of the molecule is CCOC(=O)CC(C)N(C=O)C1CCC2(CC1)CCN(c1ccncc1)CC2. The summed E-state index contributed by atoms with van der Waals surface area (Å²) in [6.45, 7) is 6.31. The third kappa shape index (κ3) is 4.83. The van der Waals surface area contributed by atoms with E-state index < -0.39 is 0 Å². The highest BCUT2D eigenvalue weighted by Gasteiger charge is 2.40. The fourth-order valence-corrected chi connectivity index (χ4v) is 4.92. The van der Waals surface area contributed by atoms with E-state index in [4.69, 9.17) is 4.74 Å². The number of piperidine rings is 1. The molecule has 0 radical (unpaired) electrons. The van der Waals surface area contributed by atoms with Crippen molar-refractivity contribution in [1.29, 1.82) is 0 Å². The van der Waals surface area contributed by atoms with Crippen LogP contribution in [0, 0.1) is 5.41 Å². The molecule has 1 saturated carbocycles. The summed E-state index contributed by atoms with van der Waals surface area (Å²) in [5.74, 6) is -0.224. The van der Waals surface area contributed by atoms with E-state index in [-0.39, 0.29) is 24.5 Å². The zero-order chi connectivity index (χ0) is 20.0. The van der Waals surface area contributed by atoms with Gasteiger partial charge in [0.1, 0.15) is 0 Å². The van der Waals surface area contributed by atoms with Crippen LogP contribution in [0.25, 0.3) is 0 Å². The van der Waals surface area contributed by atoms with Crippen LogP contribution in [0.2, 0.25) is 0 Å². The Morgan fingerprint density at radius 1 is 1.29 bits per heavy atom. The highest BCUT2D eigenvalue weighted by atomic mass is 16.5. The van der Waals surface area contributed by atoms with E-state index in [2.05, 4.69) is 22.0 Å². The predicted octanol–water partition coefficient (Wildman–Crippen LogP) is 3.41. The van der Waals surface area contributed by atoms with Gasteiger partial charge in [-0.3, -0.25) is 14.6 Å². The van der Waals surface area contributed by atoms with Crippen molar-refractivity contribution in [2.75, 3.05) is 24.6 Å². The molecule has 1 aromatic heterocycles. The molecule has 3 rings (SSSR count). The first kappa shape index (κ1) is 20.6. The number of aromatic nitrogens is 1. The molecule has 1 amide bonds. The molecule has 2 heterocycles. The molecule has 28 heavy (non-hydrogen) atoms. The molecule has 1 saturated heterocycles. The van der Waals surface area contributed by atoms with Crippen LogP contribution in [0.4, 0.5) is 5.69 Å². The monoisotopic (exact) mass is 387 g/mol. The first-order valence-corrected chi connectivity index (χ1v) is 10.6. The van der Waals surface area contributed by atoms with E-state index in [0.717, 1.165) is 45.2 Å². The zero-order valence-electron chi connectivity index (χ0n) is 17.2. The van der Waals surface area contributed by atoms with Crippen LogP contribution >= 0.6 is 0 Å². The number of pyridine rings is 1. The minimum Gasteiger partial charge on any atom is -0.466 e. The zero-order valence-corrected chi connectivity index (χ0v) is 17.2. The van der Waals surface area contributed by atoms with Gasteiger partial charge in [-0.05, 0) is 69.9 Å². The summed E-state index contributed by atoms with van der Waals surface area (Å²) in [6.07, 6.45) is 11.7. The second-order valence-corrected chi connectivity index (χ2v) is 8.33. The van der Waals surface area contributed by atoms with Crippen LogP contribution in [-0.4, -0.2) is 54.0 Å². The highest BCUT2D eigenvalue weighted by Crippen LogP contribution is 2.46. The lowest BCUT2D eigenvalue weighted by Crippen LogP contribution is -2.48. The van der Waals surface area contributed by atoms with Crippen molar-refractivity contribution < 1.29 is 14.3 Å². The van der Waals surface area contributed by atoms with Gasteiger partial charge in [-0.15, -0.1) is 0 Å². The number of hydrogen-bond acceptors (Lipinski definition) is 5. The highest BCUT2D eigenvalue weighted by molar-refractivity contribution is 5.70.